The van der Waals surface area contributed by atoms with E-state index in [1.165, 1.54) is 45.6 Å². The Bertz CT molecular complexity index is 1340. The highest BCUT2D eigenvalue weighted by molar-refractivity contribution is 5.69. The van der Waals surface area contributed by atoms with E-state index in [9.17, 15) is 18.7 Å². The van der Waals surface area contributed by atoms with Crippen molar-refractivity contribution >= 4 is 5.65 Å². The van der Waals surface area contributed by atoms with E-state index in [0.29, 0.717) is 11.2 Å². The average Bonchev–Trinajstić information content (AvgIpc) is 2.73. The Balaban J connectivity index is 2.00. The highest BCUT2D eigenvalue weighted by atomic mass is 19.1. The monoisotopic (exact) mass is 391 g/mol. The van der Waals surface area contributed by atoms with Gasteiger partial charge in [-0.05, 0) is 36.4 Å². The summed E-state index contributed by atoms with van der Waals surface area (Å²) in [5, 5.41) is 19.8. The molecule has 8 heteroatoms. The maximum Gasteiger partial charge on any atom is 0.354 e. The van der Waals surface area contributed by atoms with Gasteiger partial charge in [0.15, 0.2) is 5.56 Å². The molecule has 0 fully saturated rings. The van der Waals surface area contributed by atoms with Gasteiger partial charge in [0.1, 0.15) is 12.4 Å². The molecule has 0 bridgehead atoms. The molecule has 4 rings (SSSR count). The zero-order chi connectivity index (χ0) is 20.5. The van der Waals surface area contributed by atoms with E-state index in [0.717, 1.165) is 6.07 Å². The summed E-state index contributed by atoms with van der Waals surface area (Å²) in [5.74, 6) is -1.89. The highest BCUT2D eigenvalue weighted by Gasteiger charge is 2.27. The largest absolute Gasteiger partial charge is 0.477 e. The molecule has 6 nitrogen and oxygen atoms in total. The van der Waals surface area contributed by atoms with Gasteiger partial charge in [0, 0.05) is 23.4 Å². The molecule has 142 valence electrons. The van der Waals surface area contributed by atoms with Crippen LogP contribution in [-0.4, -0.2) is 14.7 Å². The number of aromatic nitrogens is 3. The number of halogens is 2. The fraction of sp³-hybridized carbons (Fsp3) is 0.0476. The molecule has 0 saturated carbocycles. The third kappa shape index (κ3) is 3.19. The van der Waals surface area contributed by atoms with Crippen LogP contribution in [0.15, 0.2) is 65.7 Å². The third-order valence-corrected chi connectivity index (χ3v) is 4.52. The Morgan fingerprint density at radius 2 is 2.00 bits per heavy atom. The summed E-state index contributed by atoms with van der Waals surface area (Å²) in [5.41, 5.74) is 0.0352. The molecule has 0 aliphatic heterocycles. The topological polar surface area (TPSA) is 83.0 Å². The molecule has 29 heavy (non-hydrogen) atoms. The molecular weight excluding hydrogens is 378 g/mol. The minimum absolute atomic E-state index is 0.0673. The molecule has 1 aromatic carbocycles. The number of benzene rings is 1. The van der Waals surface area contributed by atoms with Gasteiger partial charge in [-0.25, -0.2) is 14.2 Å². The zero-order valence-corrected chi connectivity index (χ0v) is 14.9. The van der Waals surface area contributed by atoms with Crippen molar-refractivity contribution in [3.63, 3.8) is 0 Å². The van der Waals surface area contributed by atoms with Crippen LogP contribution in [0.4, 0.5) is 8.78 Å². The number of nitriles is 1. The summed E-state index contributed by atoms with van der Waals surface area (Å²) in [6, 6.07) is 13.1. The van der Waals surface area contributed by atoms with E-state index < -0.39 is 23.2 Å². The van der Waals surface area contributed by atoms with Gasteiger partial charge in [-0.1, -0.05) is 6.07 Å². The van der Waals surface area contributed by atoms with Crippen LogP contribution in [0.1, 0.15) is 11.1 Å². The van der Waals surface area contributed by atoms with E-state index in [4.69, 9.17) is 5.26 Å². The van der Waals surface area contributed by atoms with E-state index in [1.54, 1.807) is 18.2 Å². The van der Waals surface area contributed by atoms with Crippen LogP contribution >= 0.6 is 0 Å². The SMILES string of the molecule is N#Cc1ccc(-c2c(O)n(Cc3ccc(F)nc3)c3cccc[n+]3c2=O)c(F)c1. The molecule has 0 aliphatic carbocycles. The minimum atomic E-state index is -0.803. The van der Waals surface area contributed by atoms with Crippen LogP contribution in [0.2, 0.25) is 0 Å². The Labute approximate surface area is 163 Å². The minimum Gasteiger partial charge on any atom is -0.477 e. The van der Waals surface area contributed by atoms with E-state index in [-0.39, 0.29) is 23.2 Å². The van der Waals surface area contributed by atoms with Crippen molar-refractivity contribution in [2.75, 3.05) is 0 Å². The van der Waals surface area contributed by atoms with Crippen molar-refractivity contribution in [1.29, 1.82) is 5.26 Å². The molecule has 3 heterocycles. The molecule has 4 aromatic rings. The molecule has 0 atom stereocenters. The fourth-order valence-electron chi connectivity index (χ4n) is 3.15. The van der Waals surface area contributed by atoms with E-state index in [2.05, 4.69) is 4.98 Å². The summed E-state index contributed by atoms with van der Waals surface area (Å²) in [4.78, 5) is 16.6. The van der Waals surface area contributed by atoms with Crippen LogP contribution in [0.25, 0.3) is 16.8 Å². The Hall–Kier alpha value is -4.12. The second kappa shape index (κ2) is 7.13. The van der Waals surface area contributed by atoms with Crippen LogP contribution in [0.5, 0.6) is 5.88 Å². The first-order valence-corrected chi connectivity index (χ1v) is 8.56. The highest BCUT2D eigenvalue weighted by Crippen LogP contribution is 2.29. The predicted molar refractivity (Wildman–Crippen MR) is 98.9 cm³/mol. The lowest BCUT2D eigenvalue weighted by Crippen LogP contribution is -2.43. The van der Waals surface area contributed by atoms with Gasteiger partial charge < -0.3 is 5.11 Å². The van der Waals surface area contributed by atoms with Crippen LogP contribution < -0.4 is 9.96 Å². The molecule has 3 aromatic heterocycles. The van der Waals surface area contributed by atoms with Gasteiger partial charge in [0.05, 0.1) is 17.8 Å². The van der Waals surface area contributed by atoms with E-state index >= 15 is 0 Å². The number of rotatable bonds is 3. The first kappa shape index (κ1) is 18.3. The van der Waals surface area contributed by atoms with Crippen LogP contribution in [0.3, 0.4) is 0 Å². The summed E-state index contributed by atoms with van der Waals surface area (Å²) in [6.07, 6.45) is 2.82. The molecule has 0 saturated heterocycles. The quantitative estimate of drug-likeness (QED) is 0.430. The smallest absolute Gasteiger partial charge is 0.354 e. The average molecular weight is 391 g/mol. The molecule has 0 unspecified atom stereocenters. The first-order valence-electron chi connectivity index (χ1n) is 8.56. The molecule has 1 N–H and O–H groups in total. The summed E-state index contributed by atoms with van der Waals surface area (Å²) >= 11 is 0. The summed E-state index contributed by atoms with van der Waals surface area (Å²) < 4.78 is 30.4. The number of hydrogen-bond acceptors (Lipinski definition) is 4. The summed E-state index contributed by atoms with van der Waals surface area (Å²) in [6.45, 7) is 0.0673. The number of aromatic hydroxyl groups is 1. The first-order chi connectivity index (χ1) is 14.0. The fourth-order valence-corrected chi connectivity index (χ4v) is 3.15. The van der Waals surface area contributed by atoms with Crippen molar-refractivity contribution in [3.05, 3.63) is 94.2 Å². The number of nitrogens with zero attached hydrogens (tertiary/aromatic N) is 4. The lowest BCUT2D eigenvalue weighted by atomic mass is 10.0. The normalized spacial score (nSPS) is 10.8. The molecule has 0 spiro atoms. The van der Waals surface area contributed by atoms with Crippen LogP contribution in [-0.2, 0) is 6.54 Å². The van der Waals surface area contributed by atoms with E-state index in [1.807, 2.05) is 6.07 Å². The van der Waals surface area contributed by atoms with Gasteiger partial charge in [-0.15, -0.1) is 0 Å². The lowest BCUT2D eigenvalue weighted by Gasteiger charge is -2.10. The second-order valence-electron chi connectivity index (χ2n) is 6.31. The second-order valence-corrected chi connectivity index (χ2v) is 6.31. The van der Waals surface area contributed by atoms with Crippen molar-refractivity contribution in [2.45, 2.75) is 6.54 Å². The van der Waals surface area contributed by atoms with Gasteiger partial charge in [0.2, 0.25) is 5.95 Å². The summed E-state index contributed by atoms with van der Waals surface area (Å²) in [7, 11) is 0. The number of hydrogen-bond donors (Lipinski definition) is 1. The Morgan fingerprint density at radius 1 is 1.17 bits per heavy atom. The zero-order valence-electron chi connectivity index (χ0n) is 14.9. The molecular formula is C21H13F2N4O2+. The molecule has 0 radical (unpaired) electrons. The number of pyridine rings is 2. The third-order valence-electron chi connectivity index (χ3n) is 4.52. The Kier molecular flexibility index (Phi) is 4.49. The molecule has 0 aliphatic rings. The standard InChI is InChI=1S/C21H12F2N4O2/c22-16-9-13(10-24)4-6-15(16)19-20(28)26-8-2-1-3-18(26)27(21(19)29)12-14-5-7-17(23)25-11-14/h1-9,11H,12H2/p+1. The van der Waals surface area contributed by atoms with Crippen molar-refractivity contribution in [1.82, 2.24) is 9.55 Å². The predicted octanol–water partition coefficient (Wildman–Crippen LogP) is 2.55. The van der Waals surface area contributed by atoms with Gasteiger partial charge in [-0.3, -0.25) is 0 Å². The Morgan fingerprint density at radius 3 is 2.69 bits per heavy atom. The van der Waals surface area contributed by atoms with Crippen molar-refractivity contribution in [3.8, 4) is 23.1 Å². The number of fused-ring (bicyclic) bond motifs is 1. The van der Waals surface area contributed by atoms with Crippen molar-refractivity contribution < 1.29 is 18.3 Å². The van der Waals surface area contributed by atoms with Gasteiger partial charge >= 0.3 is 5.56 Å². The van der Waals surface area contributed by atoms with Crippen molar-refractivity contribution in [2.24, 2.45) is 0 Å². The van der Waals surface area contributed by atoms with Gasteiger partial charge in [-0.2, -0.15) is 18.6 Å². The lowest BCUT2D eigenvalue weighted by molar-refractivity contribution is -0.532. The van der Waals surface area contributed by atoms with Crippen LogP contribution in [0, 0.1) is 23.1 Å². The molecule has 0 amide bonds. The maximum atomic E-state index is 14.6. The van der Waals surface area contributed by atoms with Gasteiger partial charge in [0.25, 0.3) is 11.5 Å². The maximum absolute atomic E-state index is 14.6.